The average molecular weight is 496 g/mol. The van der Waals surface area contributed by atoms with Crippen molar-refractivity contribution in [1.29, 1.82) is 0 Å². The second-order valence-corrected chi connectivity index (χ2v) is 7.73. The minimum Gasteiger partial charge on any atom is -0.496 e. The summed E-state index contributed by atoms with van der Waals surface area (Å²) in [7, 11) is 3.56. The molecule has 2 N–H and O–H groups in total. The number of para-hydroxylation sites is 1. The summed E-state index contributed by atoms with van der Waals surface area (Å²) < 4.78 is 7.57. The topological polar surface area (TPSA) is 76.4 Å². The minimum absolute atomic E-state index is 0. The van der Waals surface area contributed by atoms with E-state index < -0.39 is 0 Å². The Hall–Kier alpha value is -1.84. The van der Waals surface area contributed by atoms with Crippen molar-refractivity contribution in [3.05, 3.63) is 41.5 Å². The van der Waals surface area contributed by atoms with Crippen LogP contribution >= 0.6 is 24.0 Å². The molecule has 0 radical (unpaired) electrons. The van der Waals surface area contributed by atoms with E-state index in [1.54, 1.807) is 7.11 Å². The molecule has 3 atom stereocenters. The molecule has 1 aliphatic heterocycles. The lowest BCUT2D eigenvalue weighted by Gasteiger charge is -2.26. The summed E-state index contributed by atoms with van der Waals surface area (Å²) in [5.74, 6) is 3.73. The summed E-state index contributed by atoms with van der Waals surface area (Å²) in [6, 6.07) is 8.93. The smallest absolute Gasteiger partial charge is 0.191 e. The molecule has 1 aliphatic carbocycles. The Kier molecular flexibility index (Phi) is 6.16. The van der Waals surface area contributed by atoms with Gasteiger partial charge in [-0.15, -0.1) is 24.0 Å². The first-order chi connectivity index (χ1) is 13.0. The van der Waals surface area contributed by atoms with Crippen molar-refractivity contribution in [3.63, 3.8) is 0 Å². The van der Waals surface area contributed by atoms with Gasteiger partial charge in [0.25, 0.3) is 0 Å². The lowest BCUT2D eigenvalue weighted by Crippen LogP contribution is -2.48. The number of rotatable bonds is 4. The number of hydrogen-bond acceptors (Lipinski definition) is 4. The second kappa shape index (κ2) is 8.26. The van der Waals surface area contributed by atoms with Crippen LogP contribution in [-0.2, 0) is 18.4 Å². The molecule has 1 aromatic carbocycles. The van der Waals surface area contributed by atoms with Gasteiger partial charge in [0.15, 0.2) is 5.96 Å². The van der Waals surface area contributed by atoms with Gasteiger partial charge in [-0.1, -0.05) is 25.1 Å². The standard InChI is InChI=1S/C20H28N6O.HI/c1-13-22-18-10-9-14(12-26(18)25-13)23-19(21-3)24-17-11-20(17,2)15-7-5-6-8-16(15)27-4;/h5-8,14,17H,9-12H2,1-4H3,(H2,21,23,24);1H. The Bertz CT molecular complexity index is 866. The quantitative estimate of drug-likeness (QED) is 0.387. The summed E-state index contributed by atoms with van der Waals surface area (Å²) >= 11 is 0. The van der Waals surface area contributed by atoms with Gasteiger partial charge in [0.2, 0.25) is 0 Å². The highest BCUT2D eigenvalue weighted by molar-refractivity contribution is 14.0. The molecule has 4 rings (SSSR count). The number of aliphatic imine (C=N–C) groups is 1. The van der Waals surface area contributed by atoms with Crippen LogP contribution in [-0.4, -0.2) is 47.0 Å². The van der Waals surface area contributed by atoms with E-state index in [9.17, 15) is 0 Å². The summed E-state index contributed by atoms with van der Waals surface area (Å²) in [6.45, 7) is 5.05. The van der Waals surface area contributed by atoms with Crippen LogP contribution in [0.15, 0.2) is 29.3 Å². The lowest BCUT2D eigenvalue weighted by atomic mass is 9.96. The number of hydrogen-bond donors (Lipinski definition) is 2. The minimum atomic E-state index is 0. The van der Waals surface area contributed by atoms with Crippen LogP contribution < -0.4 is 15.4 Å². The number of halogens is 1. The van der Waals surface area contributed by atoms with E-state index in [0.717, 1.165) is 49.2 Å². The largest absolute Gasteiger partial charge is 0.496 e. The van der Waals surface area contributed by atoms with Crippen molar-refractivity contribution >= 4 is 29.9 Å². The summed E-state index contributed by atoms with van der Waals surface area (Å²) in [4.78, 5) is 8.92. The van der Waals surface area contributed by atoms with Crippen molar-refractivity contribution in [2.45, 2.75) is 57.2 Å². The normalized spacial score (nSPS) is 26.1. The monoisotopic (exact) mass is 496 g/mol. The van der Waals surface area contributed by atoms with Crippen molar-refractivity contribution in [3.8, 4) is 5.75 Å². The second-order valence-electron chi connectivity index (χ2n) is 7.73. The number of methoxy groups -OCH3 is 1. The van der Waals surface area contributed by atoms with Crippen LogP contribution in [0, 0.1) is 6.92 Å². The molecule has 7 nitrogen and oxygen atoms in total. The van der Waals surface area contributed by atoms with Crippen LogP contribution in [0.2, 0.25) is 0 Å². The number of nitrogens with zero attached hydrogens (tertiary/aromatic N) is 4. The molecule has 0 spiro atoms. The summed E-state index contributed by atoms with van der Waals surface area (Å²) in [5, 5.41) is 11.6. The Labute approximate surface area is 183 Å². The van der Waals surface area contributed by atoms with Crippen LogP contribution in [0.1, 0.15) is 37.0 Å². The van der Waals surface area contributed by atoms with Gasteiger partial charge in [-0.2, -0.15) is 5.10 Å². The van der Waals surface area contributed by atoms with Crippen LogP contribution in [0.25, 0.3) is 0 Å². The van der Waals surface area contributed by atoms with E-state index in [2.05, 4.69) is 44.8 Å². The third kappa shape index (κ3) is 3.97. The number of guanidine groups is 1. The zero-order valence-corrected chi connectivity index (χ0v) is 19.2. The van der Waals surface area contributed by atoms with E-state index in [-0.39, 0.29) is 29.4 Å². The first kappa shape index (κ1) is 20.9. The van der Waals surface area contributed by atoms with E-state index >= 15 is 0 Å². The highest BCUT2D eigenvalue weighted by atomic mass is 127. The molecule has 152 valence electrons. The molecule has 1 aromatic heterocycles. The van der Waals surface area contributed by atoms with E-state index in [0.29, 0.717) is 12.1 Å². The van der Waals surface area contributed by atoms with Crippen molar-refractivity contribution in [2.24, 2.45) is 4.99 Å². The maximum atomic E-state index is 5.56. The van der Waals surface area contributed by atoms with E-state index in [4.69, 9.17) is 4.74 Å². The summed E-state index contributed by atoms with van der Waals surface area (Å²) in [5.41, 5.74) is 1.31. The molecule has 28 heavy (non-hydrogen) atoms. The van der Waals surface area contributed by atoms with Gasteiger partial charge in [0.05, 0.1) is 13.7 Å². The number of fused-ring (bicyclic) bond motifs is 1. The predicted molar refractivity (Wildman–Crippen MR) is 121 cm³/mol. The molecule has 0 saturated heterocycles. The van der Waals surface area contributed by atoms with E-state index in [1.165, 1.54) is 5.56 Å². The van der Waals surface area contributed by atoms with Gasteiger partial charge < -0.3 is 15.4 Å². The third-order valence-corrected chi connectivity index (χ3v) is 5.80. The molecular weight excluding hydrogens is 467 g/mol. The van der Waals surface area contributed by atoms with Crippen LogP contribution in [0.5, 0.6) is 5.75 Å². The first-order valence-corrected chi connectivity index (χ1v) is 9.57. The van der Waals surface area contributed by atoms with Gasteiger partial charge in [-0.05, 0) is 25.8 Å². The Morgan fingerprint density at radius 2 is 2.11 bits per heavy atom. The van der Waals surface area contributed by atoms with Gasteiger partial charge in [0, 0.05) is 36.5 Å². The van der Waals surface area contributed by atoms with E-state index in [1.807, 2.05) is 30.8 Å². The van der Waals surface area contributed by atoms with Gasteiger partial charge in [-0.25, -0.2) is 9.67 Å². The number of nitrogens with one attached hydrogen (secondary N) is 2. The SMILES string of the molecule is CN=C(NC1CCc2nc(C)nn2C1)NC1CC1(C)c1ccccc1OC.I. The van der Waals surface area contributed by atoms with Crippen molar-refractivity contribution < 1.29 is 4.74 Å². The van der Waals surface area contributed by atoms with Gasteiger partial charge in [-0.3, -0.25) is 4.99 Å². The number of ether oxygens (including phenoxy) is 1. The van der Waals surface area contributed by atoms with Crippen LogP contribution in [0.3, 0.4) is 0 Å². The molecule has 2 aliphatic rings. The zero-order chi connectivity index (χ0) is 19.0. The number of aryl methyl sites for hydroxylation is 2. The van der Waals surface area contributed by atoms with Gasteiger partial charge in [0.1, 0.15) is 17.4 Å². The molecule has 1 saturated carbocycles. The maximum Gasteiger partial charge on any atom is 0.191 e. The number of aromatic nitrogens is 3. The zero-order valence-electron chi connectivity index (χ0n) is 16.9. The average Bonchev–Trinajstić information content (AvgIpc) is 3.17. The molecule has 0 bridgehead atoms. The Morgan fingerprint density at radius 1 is 1.32 bits per heavy atom. The molecule has 2 aromatic rings. The van der Waals surface area contributed by atoms with Crippen molar-refractivity contribution in [2.75, 3.05) is 14.2 Å². The fraction of sp³-hybridized carbons (Fsp3) is 0.550. The molecule has 8 heteroatoms. The molecule has 2 heterocycles. The maximum absolute atomic E-state index is 5.56. The highest BCUT2D eigenvalue weighted by Crippen LogP contribution is 2.50. The highest BCUT2D eigenvalue weighted by Gasteiger charge is 2.53. The third-order valence-electron chi connectivity index (χ3n) is 5.80. The predicted octanol–water partition coefficient (Wildman–Crippen LogP) is 2.42. The lowest BCUT2D eigenvalue weighted by molar-refractivity contribution is 0.391. The van der Waals surface area contributed by atoms with Crippen molar-refractivity contribution in [1.82, 2.24) is 25.4 Å². The fourth-order valence-electron chi connectivity index (χ4n) is 4.07. The molecular formula is C20H29IN6O. The molecule has 1 fully saturated rings. The Morgan fingerprint density at radius 3 is 2.86 bits per heavy atom. The Balaban J connectivity index is 0.00000225. The molecule has 0 amide bonds. The summed E-state index contributed by atoms with van der Waals surface area (Å²) in [6.07, 6.45) is 3.04. The fourth-order valence-corrected chi connectivity index (χ4v) is 4.07. The van der Waals surface area contributed by atoms with Crippen LogP contribution in [0.4, 0.5) is 0 Å². The van der Waals surface area contributed by atoms with Gasteiger partial charge >= 0.3 is 0 Å². The number of benzene rings is 1. The molecule has 3 unspecified atom stereocenters. The first-order valence-electron chi connectivity index (χ1n) is 9.57.